The van der Waals surface area contributed by atoms with Crippen molar-refractivity contribution in [1.82, 2.24) is 20.3 Å². The van der Waals surface area contributed by atoms with Crippen LogP contribution in [0.2, 0.25) is 0 Å². The van der Waals surface area contributed by atoms with E-state index in [1.807, 2.05) is 6.20 Å². The number of hydrogen-bond donors (Lipinski definition) is 2. The molecule has 7 nitrogen and oxygen atoms in total. The Hall–Kier alpha value is -2.06. The topological polar surface area (TPSA) is 96.9 Å². The zero-order chi connectivity index (χ0) is 14.9. The Morgan fingerprint density at radius 2 is 2.19 bits per heavy atom. The van der Waals surface area contributed by atoms with Crippen LogP contribution in [0.5, 0.6) is 0 Å². The first kappa shape index (κ1) is 13.9. The van der Waals surface area contributed by atoms with Gasteiger partial charge in [0, 0.05) is 30.9 Å². The molecule has 8 heteroatoms. The van der Waals surface area contributed by atoms with Crippen molar-refractivity contribution >= 4 is 21.5 Å². The number of anilines is 2. The molecule has 0 atom stereocenters. The SMILES string of the molecule is CS(=O)(=O)c1cc(Nc2ncc3c(n2)CNCC3)ccn1. The number of sulfone groups is 1. The number of hydrogen-bond acceptors (Lipinski definition) is 7. The summed E-state index contributed by atoms with van der Waals surface area (Å²) < 4.78 is 23.0. The van der Waals surface area contributed by atoms with Gasteiger partial charge in [-0.2, -0.15) is 0 Å². The summed E-state index contributed by atoms with van der Waals surface area (Å²) in [7, 11) is -3.33. The standard InChI is InChI=1S/C13H15N5O2S/c1-21(19,20)12-6-10(3-5-15-12)17-13-16-7-9-2-4-14-8-11(9)18-13/h3,5-7,14H,2,4,8H2,1H3,(H,15,16,17,18). The van der Waals surface area contributed by atoms with Crippen LogP contribution >= 0.6 is 0 Å². The average molecular weight is 305 g/mol. The number of rotatable bonds is 3. The predicted molar refractivity (Wildman–Crippen MR) is 78.1 cm³/mol. The van der Waals surface area contributed by atoms with Crippen molar-refractivity contribution in [2.24, 2.45) is 0 Å². The summed E-state index contributed by atoms with van der Waals surface area (Å²) in [5.74, 6) is 0.447. The van der Waals surface area contributed by atoms with Crippen LogP contribution in [0.1, 0.15) is 11.3 Å². The lowest BCUT2D eigenvalue weighted by molar-refractivity contribution is 0.598. The van der Waals surface area contributed by atoms with Gasteiger partial charge in [0.05, 0.1) is 5.69 Å². The molecule has 3 rings (SSSR count). The molecule has 0 unspecified atom stereocenters. The molecule has 110 valence electrons. The quantitative estimate of drug-likeness (QED) is 0.860. The molecule has 0 amide bonds. The molecular weight excluding hydrogens is 290 g/mol. The number of nitrogens with zero attached hydrogens (tertiary/aromatic N) is 3. The third-order valence-corrected chi connectivity index (χ3v) is 4.17. The summed E-state index contributed by atoms with van der Waals surface area (Å²) in [6, 6.07) is 3.14. The minimum Gasteiger partial charge on any atom is -0.324 e. The minimum absolute atomic E-state index is 0.0205. The highest BCUT2D eigenvalue weighted by atomic mass is 32.2. The second kappa shape index (κ2) is 5.38. The highest BCUT2D eigenvalue weighted by molar-refractivity contribution is 7.90. The maximum Gasteiger partial charge on any atom is 0.227 e. The summed E-state index contributed by atoms with van der Waals surface area (Å²) in [6.45, 7) is 1.66. The van der Waals surface area contributed by atoms with E-state index >= 15 is 0 Å². The zero-order valence-electron chi connectivity index (χ0n) is 11.5. The predicted octanol–water partition coefficient (Wildman–Crippen LogP) is 0.664. The molecule has 2 N–H and O–H groups in total. The Bertz CT molecular complexity index is 776. The molecule has 0 fully saturated rings. The monoisotopic (exact) mass is 305 g/mol. The van der Waals surface area contributed by atoms with Crippen molar-refractivity contribution in [2.75, 3.05) is 18.1 Å². The van der Waals surface area contributed by atoms with E-state index in [0.717, 1.165) is 37.0 Å². The fraction of sp³-hybridized carbons (Fsp3) is 0.308. The fourth-order valence-electron chi connectivity index (χ4n) is 2.11. The minimum atomic E-state index is -3.33. The Morgan fingerprint density at radius 1 is 1.33 bits per heavy atom. The van der Waals surface area contributed by atoms with Gasteiger partial charge in [-0.05, 0) is 30.7 Å². The third kappa shape index (κ3) is 3.17. The molecule has 0 aromatic carbocycles. The van der Waals surface area contributed by atoms with Crippen LogP contribution in [-0.4, -0.2) is 36.2 Å². The van der Waals surface area contributed by atoms with Crippen LogP contribution in [-0.2, 0) is 22.8 Å². The smallest absolute Gasteiger partial charge is 0.227 e. The highest BCUT2D eigenvalue weighted by Crippen LogP contribution is 2.18. The molecule has 3 heterocycles. The normalized spacial score (nSPS) is 14.5. The van der Waals surface area contributed by atoms with Gasteiger partial charge in [-0.1, -0.05) is 0 Å². The lowest BCUT2D eigenvalue weighted by atomic mass is 10.1. The molecule has 2 aromatic rings. The second-order valence-corrected chi connectivity index (χ2v) is 6.83. The van der Waals surface area contributed by atoms with Gasteiger partial charge in [0.2, 0.25) is 5.95 Å². The van der Waals surface area contributed by atoms with Crippen LogP contribution in [0.3, 0.4) is 0 Å². The van der Waals surface area contributed by atoms with Crippen LogP contribution in [0, 0.1) is 0 Å². The Balaban J connectivity index is 1.87. The molecule has 0 saturated carbocycles. The largest absolute Gasteiger partial charge is 0.324 e. The average Bonchev–Trinajstić information content (AvgIpc) is 2.46. The van der Waals surface area contributed by atoms with Crippen molar-refractivity contribution in [3.63, 3.8) is 0 Å². The van der Waals surface area contributed by atoms with Gasteiger partial charge in [-0.25, -0.2) is 23.4 Å². The van der Waals surface area contributed by atoms with E-state index in [1.54, 1.807) is 6.07 Å². The number of pyridine rings is 1. The summed E-state index contributed by atoms with van der Waals surface area (Å²) in [6.07, 6.45) is 5.30. The Morgan fingerprint density at radius 3 is 3.00 bits per heavy atom. The van der Waals surface area contributed by atoms with E-state index in [1.165, 1.54) is 12.3 Å². The molecule has 1 aliphatic rings. The summed E-state index contributed by atoms with van der Waals surface area (Å²) >= 11 is 0. The first-order valence-electron chi connectivity index (χ1n) is 6.51. The molecular formula is C13H15N5O2S. The Kier molecular flexibility index (Phi) is 3.56. The number of aromatic nitrogens is 3. The second-order valence-electron chi connectivity index (χ2n) is 4.87. The van der Waals surface area contributed by atoms with Crippen LogP contribution in [0.4, 0.5) is 11.6 Å². The van der Waals surface area contributed by atoms with E-state index in [-0.39, 0.29) is 5.03 Å². The summed E-state index contributed by atoms with van der Waals surface area (Å²) in [5, 5.41) is 6.29. The maximum absolute atomic E-state index is 11.5. The summed E-state index contributed by atoms with van der Waals surface area (Å²) in [4.78, 5) is 12.5. The van der Waals surface area contributed by atoms with Crippen LogP contribution in [0.25, 0.3) is 0 Å². The Labute approximate surface area is 122 Å². The van der Waals surface area contributed by atoms with Gasteiger partial charge in [0.1, 0.15) is 0 Å². The van der Waals surface area contributed by atoms with Gasteiger partial charge >= 0.3 is 0 Å². The van der Waals surface area contributed by atoms with Crippen molar-refractivity contribution in [2.45, 2.75) is 18.0 Å². The maximum atomic E-state index is 11.5. The molecule has 0 saturated heterocycles. The van der Waals surface area contributed by atoms with Crippen LogP contribution < -0.4 is 10.6 Å². The highest BCUT2D eigenvalue weighted by Gasteiger charge is 2.13. The fourth-order valence-corrected chi connectivity index (χ4v) is 2.71. The van der Waals surface area contributed by atoms with E-state index in [0.29, 0.717) is 11.6 Å². The molecule has 0 spiro atoms. The molecule has 0 bridgehead atoms. The summed E-state index contributed by atoms with van der Waals surface area (Å²) in [5.41, 5.74) is 2.70. The van der Waals surface area contributed by atoms with Crippen LogP contribution in [0.15, 0.2) is 29.6 Å². The van der Waals surface area contributed by atoms with Gasteiger partial charge in [0.15, 0.2) is 14.9 Å². The number of fused-ring (bicyclic) bond motifs is 1. The zero-order valence-corrected chi connectivity index (χ0v) is 12.3. The van der Waals surface area contributed by atoms with Gasteiger partial charge in [-0.15, -0.1) is 0 Å². The lowest BCUT2D eigenvalue weighted by Crippen LogP contribution is -2.25. The number of nitrogens with one attached hydrogen (secondary N) is 2. The molecule has 2 aromatic heterocycles. The van der Waals surface area contributed by atoms with Gasteiger partial charge in [0.25, 0.3) is 0 Å². The third-order valence-electron chi connectivity index (χ3n) is 3.19. The molecule has 0 aliphatic carbocycles. The van der Waals surface area contributed by atoms with Gasteiger partial charge < -0.3 is 10.6 Å². The van der Waals surface area contributed by atoms with Crippen molar-refractivity contribution in [3.8, 4) is 0 Å². The van der Waals surface area contributed by atoms with E-state index < -0.39 is 9.84 Å². The van der Waals surface area contributed by atoms with E-state index in [2.05, 4.69) is 25.6 Å². The van der Waals surface area contributed by atoms with Crippen molar-refractivity contribution < 1.29 is 8.42 Å². The molecule has 0 radical (unpaired) electrons. The van der Waals surface area contributed by atoms with Crippen molar-refractivity contribution in [3.05, 3.63) is 35.8 Å². The first-order chi connectivity index (χ1) is 10.0. The van der Waals surface area contributed by atoms with Gasteiger partial charge in [-0.3, -0.25) is 0 Å². The van der Waals surface area contributed by atoms with Crippen molar-refractivity contribution in [1.29, 1.82) is 0 Å². The van der Waals surface area contributed by atoms with E-state index in [9.17, 15) is 8.42 Å². The molecule has 21 heavy (non-hydrogen) atoms. The molecule has 1 aliphatic heterocycles. The lowest BCUT2D eigenvalue weighted by Gasteiger charge is -2.16. The van der Waals surface area contributed by atoms with E-state index in [4.69, 9.17) is 0 Å². The first-order valence-corrected chi connectivity index (χ1v) is 8.40.